The maximum Gasteiger partial charge on any atom is 0.241 e. The van der Waals surface area contributed by atoms with Crippen molar-refractivity contribution in [2.45, 2.75) is 37.6 Å². The Balaban J connectivity index is 1.71. The van der Waals surface area contributed by atoms with Crippen LogP contribution >= 0.6 is 11.6 Å². The summed E-state index contributed by atoms with van der Waals surface area (Å²) < 4.78 is 28.3. The van der Waals surface area contributed by atoms with Crippen LogP contribution in [0.3, 0.4) is 0 Å². The van der Waals surface area contributed by atoms with Crippen LogP contribution in [0.25, 0.3) is 10.9 Å². The third-order valence-electron chi connectivity index (χ3n) is 4.98. The van der Waals surface area contributed by atoms with E-state index in [-0.39, 0.29) is 17.2 Å². The highest BCUT2D eigenvalue weighted by molar-refractivity contribution is 7.89. The van der Waals surface area contributed by atoms with Crippen molar-refractivity contribution in [3.05, 3.63) is 63.8 Å². The van der Waals surface area contributed by atoms with Gasteiger partial charge in [-0.2, -0.15) is 0 Å². The second-order valence-corrected chi connectivity index (χ2v) is 8.98. The number of rotatable bonds is 4. The average molecular weight is 403 g/mol. The molecule has 1 aromatic heterocycles. The molecular weight excluding hydrogens is 384 g/mol. The number of carbonyl (C=O) groups is 1. The zero-order valence-corrected chi connectivity index (χ0v) is 16.4. The topological polar surface area (TPSA) is 79.0 Å². The maximum atomic E-state index is 12.9. The minimum Gasteiger partial charge on any atom is -0.358 e. The van der Waals surface area contributed by atoms with Gasteiger partial charge >= 0.3 is 0 Å². The molecule has 4 rings (SSSR count). The van der Waals surface area contributed by atoms with Gasteiger partial charge in [-0.15, -0.1) is 0 Å². The molecule has 1 aliphatic rings. The average Bonchev–Trinajstić information content (AvgIpc) is 2.99. The molecule has 3 aromatic rings. The van der Waals surface area contributed by atoms with E-state index in [1.807, 2.05) is 6.07 Å². The largest absolute Gasteiger partial charge is 0.358 e. The van der Waals surface area contributed by atoms with Gasteiger partial charge in [-0.25, -0.2) is 13.1 Å². The Bertz CT molecular complexity index is 1170. The van der Waals surface area contributed by atoms with Gasteiger partial charge in [-0.1, -0.05) is 29.8 Å². The van der Waals surface area contributed by atoms with E-state index in [0.29, 0.717) is 33.7 Å². The lowest BCUT2D eigenvalue weighted by Gasteiger charge is -2.11. The fourth-order valence-electron chi connectivity index (χ4n) is 3.62. The van der Waals surface area contributed by atoms with Crippen LogP contribution in [0, 0.1) is 6.92 Å². The number of nitrogens with one attached hydrogen (secondary N) is 2. The number of aromatic nitrogens is 1. The second kappa shape index (κ2) is 6.78. The number of hydrogen-bond donors (Lipinski definition) is 2. The van der Waals surface area contributed by atoms with Crippen LogP contribution in [0.5, 0.6) is 0 Å². The Kier molecular flexibility index (Phi) is 4.58. The highest BCUT2D eigenvalue weighted by Gasteiger charge is 2.25. The molecule has 0 spiro atoms. The second-order valence-electron chi connectivity index (χ2n) is 6.83. The third-order valence-corrected chi connectivity index (χ3v) is 6.89. The first-order valence-corrected chi connectivity index (χ1v) is 10.6. The first-order chi connectivity index (χ1) is 12.9. The van der Waals surface area contributed by atoms with Gasteiger partial charge in [0.25, 0.3) is 0 Å². The van der Waals surface area contributed by atoms with Crippen LogP contribution in [-0.4, -0.2) is 19.2 Å². The quantitative estimate of drug-likeness (QED) is 0.688. The lowest BCUT2D eigenvalue weighted by molar-refractivity contribution is 0.0974. The van der Waals surface area contributed by atoms with E-state index >= 15 is 0 Å². The summed E-state index contributed by atoms with van der Waals surface area (Å²) in [5, 5.41) is 1.32. The summed E-state index contributed by atoms with van der Waals surface area (Å²) in [6, 6.07) is 10.5. The van der Waals surface area contributed by atoms with Crippen LogP contribution in [0.15, 0.2) is 41.3 Å². The molecule has 7 heteroatoms. The molecule has 0 radical (unpaired) electrons. The summed E-state index contributed by atoms with van der Waals surface area (Å²) in [4.78, 5) is 15.7. The molecule has 0 atom stereocenters. The molecule has 27 heavy (non-hydrogen) atoms. The Labute approximate surface area is 162 Å². The van der Waals surface area contributed by atoms with Gasteiger partial charge in [0.1, 0.15) is 0 Å². The predicted octanol–water partition coefficient (Wildman–Crippen LogP) is 4.13. The summed E-state index contributed by atoms with van der Waals surface area (Å²) in [5.41, 5.74) is 3.61. The summed E-state index contributed by atoms with van der Waals surface area (Å²) in [5.74, 6) is 0.120. The molecule has 2 aromatic carbocycles. The Morgan fingerprint density at radius 2 is 1.96 bits per heavy atom. The van der Waals surface area contributed by atoms with Crippen molar-refractivity contribution < 1.29 is 13.2 Å². The van der Waals surface area contributed by atoms with Crippen LogP contribution in [0.4, 0.5) is 0 Å². The van der Waals surface area contributed by atoms with Crippen molar-refractivity contribution >= 4 is 38.3 Å². The van der Waals surface area contributed by atoms with Crippen molar-refractivity contribution in [2.75, 3.05) is 0 Å². The zero-order valence-electron chi connectivity index (χ0n) is 14.8. The maximum absolute atomic E-state index is 12.9. The molecule has 0 fully saturated rings. The summed E-state index contributed by atoms with van der Waals surface area (Å²) in [6.45, 7) is 1.86. The van der Waals surface area contributed by atoms with Gasteiger partial charge in [0, 0.05) is 40.1 Å². The molecule has 1 aliphatic carbocycles. The van der Waals surface area contributed by atoms with Crippen molar-refractivity contribution in [3.8, 4) is 0 Å². The molecule has 0 aliphatic heterocycles. The number of fused-ring (bicyclic) bond motifs is 3. The zero-order chi connectivity index (χ0) is 19.2. The van der Waals surface area contributed by atoms with Crippen molar-refractivity contribution in [2.24, 2.45) is 0 Å². The monoisotopic (exact) mass is 402 g/mol. The standard InChI is InChI=1S/C20H19ClN2O3S/c1-12-9-14-17(23-16-7-4-8-18(24)20(14)16)10-19(12)27(25,26)22-11-13-5-2-3-6-15(13)21/h2-3,5-6,9-10,22-23H,4,7-8,11H2,1H3. The third kappa shape index (κ3) is 3.29. The van der Waals surface area contributed by atoms with Gasteiger partial charge < -0.3 is 4.98 Å². The lowest BCUT2D eigenvalue weighted by Crippen LogP contribution is -2.24. The number of aryl methyl sites for hydroxylation is 2. The summed E-state index contributed by atoms with van der Waals surface area (Å²) in [6.07, 6.45) is 2.17. The van der Waals surface area contributed by atoms with E-state index in [9.17, 15) is 13.2 Å². The van der Waals surface area contributed by atoms with E-state index in [1.54, 1.807) is 37.3 Å². The Hall–Kier alpha value is -2.15. The number of H-pyrrole nitrogens is 1. The number of Topliss-reactive ketones (excluding diaryl/α,β-unsaturated/α-hetero) is 1. The SMILES string of the molecule is Cc1cc2c3c([nH]c2cc1S(=O)(=O)NCc1ccccc1Cl)CCCC3=O. The molecular formula is C20H19ClN2O3S. The molecule has 0 saturated carbocycles. The molecule has 140 valence electrons. The normalized spacial score (nSPS) is 14.5. The molecule has 0 unspecified atom stereocenters. The molecule has 1 heterocycles. The van der Waals surface area contributed by atoms with E-state index in [4.69, 9.17) is 11.6 Å². The number of halogens is 1. The van der Waals surface area contributed by atoms with Crippen LogP contribution in [-0.2, 0) is 23.0 Å². The number of aromatic amines is 1. The van der Waals surface area contributed by atoms with Crippen LogP contribution in [0.2, 0.25) is 5.02 Å². The molecule has 0 saturated heterocycles. The van der Waals surface area contributed by atoms with Crippen LogP contribution in [0.1, 0.15) is 40.0 Å². The smallest absolute Gasteiger partial charge is 0.241 e. The number of hydrogen-bond acceptors (Lipinski definition) is 3. The Morgan fingerprint density at radius 1 is 1.19 bits per heavy atom. The molecule has 5 nitrogen and oxygen atoms in total. The molecule has 0 bridgehead atoms. The van der Waals surface area contributed by atoms with Crippen molar-refractivity contribution in [1.29, 1.82) is 0 Å². The molecule has 2 N–H and O–H groups in total. The summed E-state index contributed by atoms with van der Waals surface area (Å²) in [7, 11) is -3.73. The lowest BCUT2D eigenvalue weighted by atomic mass is 9.94. The summed E-state index contributed by atoms with van der Waals surface area (Å²) >= 11 is 6.11. The fraction of sp³-hybridized carbons (Fsp3) is 0.250. The fourth-order valence-corrected chi connectivity index (χ4v) is 5.08. The van der Waals surface area contributed by atoms with Crippen molar-refractivity contribution in [3.63, 3.8) is 0 Å². The minimum atomic E-state index is -3.73. The van der Waals surface area contributed by atoms with Gasteiger partial charge in [0.05, 0.1) is 4.90 Å². The predicted molar refractivity (Wildman–Crippen MR) is 106 cm³/mol. The first kappa shape index (κ1) is 18.2. The number of ketones is 1. The number of carbonyl (C=O) groups excluding carboxylic acids is 1. The van der Waals surface area contributed by atoms with Gasteiger partial charge in [-0.05, 0) is 49.1 Å². The highest BCUT2D eigenvalue weighted by atomic mass is 35.5. The number of benzene rings is 2. The van der Waals surface area contributed by atoms with Gasteiger partial charge in [0.15, 0.2) is 5.78 Å². The van der Waals surface area contributed by atoms with Gasteiger partial charge in [-0.3, -0.25) is 4.79 Å². The minimum absolute atomic E-state index is 0.110. The van der Waals surface area contributed by atoms with E-state index in [2.05, 4.69) is 9.71 Å². The van der Waals surface area contributed by atoms with E-state index in [1.165, 1.54) is 0 Å². The Morgan fingerprint density at radius 3 is 2.74 bits per heavy atom. The van der Waals surface area contributed by atoms with Crippen molar-refractivity contribution in [1.82, 2.24) is 9.71 Å². The highest BCUT2D eigenvalue weighted by Crippen LogP contribution is 2.32. The van der Waals surface area contributed by atoms with Crippen LogP contribution < -0.4 is 4.72 Å². The number of sulfonamides is 1. The molecule has 0 amide bonds. The van der Waals surface area contributed by atoms with E-state index in [0.717, 1.165) is 23.9 Å². The van der Waals surface area contributed by atoms with Gasteiger partial charge in [0.2, 0.25) is 10.0 Å². The van der Waals surface area contributed by atoms with E-state index < -0.39 is 10.0 Å². The first-order valence-electron chi connectivity index (χ1n) is 8.78.